The van der Waals surface area contributed by atoms with Crippen LogP contribution >= 0.6 is 0 Å². The van der Waals surface area contributed by atoms with Crippen molar-refractivity contribution < 1.29 is 9.94 Å². The summed E-state index contributed by atoms with van der Waals surface area (Å²) >= 11 is 0. The molecule has 0 aliphatic rings. The number of benzene rings is 1. The summed E-state index contributed by atoms with van der Waals surface area (Å²) in [6.07, 6.45) is 0. The van der Waals surface area contributed by atoms with Gasteiger partial charge in [0.05, 0.1) is 6.54 Å². The molecule has 0 heterocycles. The van der Waals surface area contributed by atoms with Crippen molar-refractivity contribution in [3.8, 4) is 5.75 Å². The average molecular weight is 223 g/mol. The van der Waals surface area contributed by atoms with Crippen LogP contribution in [0.25, 0.3) is 0 Å². The number of nitrogens with two attached hydrogens (primary N) is 1. The van der Waals surface area contributed by atoms with E-state index >= 15 is 0 Å². The van der Waals surface area contributed by atoms with Crippen LogP contribution in [0.15, 0.2) is 29.4 Å². The smallest absolute Gasteiger partial charge is 0.153 e. The number of nitrogens with zero attached hydrogens (tertiary/aromatic N) is 1. The van der Waals surface area contributed by atoms with Crippen molar-refractivity contribution in [2.24, 2.45) is 10.9 Å². The second kappa shape index (κ2) is 6.68. The Kier molecular flexibility index (Phi) is 5.15. The Balaban J connectivity index is 2.16. The lowest BCUT2D eigenvalue weighted by atomic mass is 10.2. The second-order valence-corrected chi connectivity index (χ2v) is 3.43. The minimum absolute atomic E-state index is 0.163. The van der Waals surface area contributed by atoms with Crippen LogP contribution in [0.4, 0.5) is 0 Å². The fourth-order valence-electron chi connectivity index (χ4n) is 1.20. The number of nitrogens with one attached hydrogen (secondary N) is 1. The van der Waals surface area contributed by atoms with E-state index < -0.39 is 0 Å². The first-order valence-electron chi connectivity index (χ1n) is 5.09. The molecule has 1 aromatic rings. The number of hydrogen-bond donors (Lipinski definition) is 3. The van der Waals surface area contributed by atoms with Crippen molar-refractivity contribution >= 4 is 5.84 Å². The average Bonchev–Trinajstić information content (AvgIpc) is 2.28. The Morgan fingerprint density at radius 1 is 1.56 bits per heavy atom. The lowest BCUT2D eigenvalue weighted by Crippen LogP contribution is -2.31. The number of rotatable bonds is 6. The molecule has 0 atom stereocenters. The molecule has 0 spiro atoms. The van der Waals surface area contributed by atoms with Gasteiger partial charge in [-0.1, -0.05) is 17.3 Å². The van der Waals surface area contributed by atoms with Crippen LogP contribution in [0.1, 0.15) is 5.56 Å². The SMILES string of the molecule is Cc1cccc(OCCNCC(N)=NO)c1. The minimum Gasteiger partial charge on any atom is -0.492 e. The van der Waals surface area contributed by atoms with E-state index in [1.165, 1.54) is 5.56 Å². The predicted molar refractivity (Wildman–Crippen MR) is 63.0 cm³/mol. The zero-order valence-corrected chi connectivity index (χ0v) is 9.31. The highest BCUT2D eigenvalue weighted by Gasteiger charge is 1.95. The zero-order chi connectivity index (χ0) is 11.8. The molecule has 16 heavy (non-hydrogen) atoms. The molecule has 5 heteroatoms. The summed E-state index contributed by atoms with van der Waals surface area (Å²) in [6.45, 7) is 3.56. The maximum Gasteiger partial charge on any atom is 0.153 e. The van der Waals surface area contributed by atoms with Crippen LogP contribution in [-0.2, 0) is 0 Å². The Bertz CT molecular complexity index is 353. The molecule has 4 N–H and O–H groups in total. The van der Waals surface area contributed by atoms with Crippen LogP contribution in [0, 0.1) is 6.92 Å². The normalized spacial score (nSPS) is 11.4. The molecule has 0 aromatic heterocycles. The molecule has 0 saturated carbocycles. The third-order valence-electron chi connectivity index (χ3n) is 1.97. The van der Waals surface area contributed by atoms with Crippen molar-refractivity contribution in [3.05, 3.63) is 29.8 Å². The van der Waals surface area contributed by atoms with Crippen LogP contribution in [0.5, 0.6) is 5.75 Å². The zero-order valence-electron chi connectivity index (χ0n) is 9.31. The van der Waals surface area contributed by atoms with E-state index in [0.29, 0.717) is 19.7 Å². The molecule has 0 amide bonds. The second-order valence-electron chi connectivity index (χ2n) is 3.43. The first-order chi connectivity index (χ1) is 7.72. The van der Waals surface area contributed by atoms with E-state index in [0.717, 1.165) is 5.75 Å². The molecule has 1 rings (SSSR count). The number of ether oxygens (including phenoxy) is 1. The van der Waals surface area contributed by atoms with E-state index in [1.807, 2.05) is 31.2 Å². The lowest BCUT2D eigenvalue weighted by molar-refractivity contribution is 0.311. The molecule has 0 aliphatic carbocycles. The molecular formula is C11H17N3O2. The highest BCUT2D eigenvalue weighted by Crippen LogP contribution is 2.11. The van der Waals surface area contributed by atoms with Crippen molar-refractivity contribution in [3.63, 3.8) is 0 Å². The first-order valence-corrected chi connectivity index (χ1v) is 5.09. The number of hydrogen-bond acceptors (Lipinski definition) is 4. The third-order valence-corrected chi connectivity index (χ3v) is 1.97. The lowest BCUT2D eigenvalue weighted by Gasteiger charge is -2.07. The largest absolute Gasteiger partial charge is 0.492 e. The Morgan fingerprint density at radius 3 is 3.06 bits per heavy atom. The summed E-state index contributed by atoms with van der Waals surface area (Å²) < 4.78 is 5.50. The van der Waals surface area contributed by atoms with E-state index in [-0.39, 0.29) is 5.84 Å². The summed E-state index contributed by atoms with van der Waals surface area (Å²) in [5.74, 6) is 1.01. The maximum absolute atomic E-state index is 8.29. The molecule has 0 fully saturated rings. The van der Waals surface area contributed by atoms with Crippen molar-refractivity contribution in [2.75, 3.05) is 19.7 Å². The van der Waals surface area contributed by atoms with Gasteiger partial charge in [-0.2, -0.15) is 0 Å². The molecule has 0 radical (unpaired) electrons. The Morgan fingerprint density at radius 2 is 2.38 bits per heavy atom. The van der Waals surface area contributed by atoms with Crippen LogP contribution in [0.3, 0.4) is 0 Å². The van der Waals surface area contributed by atoms with Gasteiger partial charge in [-0.05, 0) is 24.6 Å². The van der Waals surface area contributed by atoms with Gasteiger partial charge in [0.15, 0.2) is 5.84 Å². The predicted octanol–water partition coefficient (Wildman–Crippen LogP) is 0.710. The Hall–Kier alpha value is -1.75. The van der Waals surface area contributed by atoms with E-state index in [2.05, 4.69) is 10.5 Å². The quantitative estimate of drug-likeness (QED) is 0.218. The van der Waals surface area contributed by atoms with Gasteiger partial charge >= 0.3 is 0 Å². The van der Waals surface area contributed by atoms with Gasteiger partial charge in [0, 0.05) is 6.54 Å². The fourth-order valence-corrected chi connectivity index (χ4v) is 1.20. The van der Waals surface area contributed by atoms with Gasteiger partial charge in [0.25, 0.3) is 0 Å². The van der Waals surface area contributed by atoms with Gasteiger partial charge in [-0.3, -0.25) is 0 Å². The molecule has 5 nitrogen and oxygen atoms in total. The van der Waals surface area contributed by atoms with Gasteiger partial charge in [-0.25, -0.2) is 0 Å². The molecule has 0 bridgehead atoms. The summed E-state index contributed by atoms with van der Waals surface area (Å²) in [5, 5.41) is 14.1. The van der Waals surface area contributed by atoms with E-state index in [1.54, 1.807) is 0 Å². The van der Waals surface area contributed by atoms with Crippen molar-refractivity contribution in [1.82, 2.24) is 5.32 Å². The monoisotopic (exact) mass is 223 g/mol. The fraction of sp³-hybridized carbons (Fsp3) is 0.364. The maximum atomic E-state index is 8.29. The van der Waals surface area contributed by atoms with Gasteiger partial charge < -0.3 is 21.0 Å². The third kappa shape index (κ3) is 4.65. The number of amidine groups is 1. The Labute approximate surface area is 94.9 Å². The van der Waals surface area contributed by atoms with Gasteiger partial charge in [-0.15, -0.1) is 0 Å². The summed E-state index contributed by atoms with van der Waals surface area (Å²) in [5.41, 5.74) is 6.45. The first kappa shape index (κ1) is 12.3. The molecule has 88 valence electrons. The highest BCUT2D eigenvalue weighted by atomic mass is 16.5. The highest BCUT2D eigenvalue weighted by molar-refractivity contribution is 5.81. The summed E-state index contributed by atoms with van der Waals surface area (Å²) in [7, 11) is 0. The standard InChI is InChI=1S/C11H17N3O2/c1-9-3-2-4-10(7-9)16-6-5-13-8-11(12)14-15/h2-4,7,13,15H,5-6,8H2,1H3,(H2,12,14). The molecule has 1 aromatic carbocycles. The molecule has 0 unspecified atom stereocenters. The molecular weight excluding hydrogens is 206 g/mol. The summed E-state index contributed by atoms with van der Waals surface area (Å²) in [6, 6.07) is 7.86. The van der Waals surface area contributed by atoms with Gasteiger partial charge in [0.2, 0.25) is 0 Å². The van der Waals surface area contributed by atoms with Gasteiger partial charge in [0.1, 0.15) is 12.4 Å². The molecule has 0 aliphatic heterocycles. The number of aryl methyl sites for hydroxylation is 1. The van der Waals surface area contributed by atoms with E-state index in [4.69, 9.17) is 15.7 Å². The number of oxime groups is 1. The molecule has 0 saturated heterocycles. The van der Waals surface area contributed by atoms with Crippen molar-refractivity contribution in [1.29, 1.82) is 0 Å². The van der Waals surface area contributed by atoms with Crippen LogP contribution in [0.2, 0.25) is 0 Å². The van der Waals surface area contributed by atoms with Crippen molar-refractivity contribution in [2.45, 2.75) is 6.92 Å². The summed E-state index contributed by atoms with van der Waals surface area (Å²) in [4.78, 5) is 0. The topological polar surface area (TPSA) is 79.9 Å². The minimum atomic E-state index is 0.163. The van der Waals surface area contributed by atoms with Crippen LogP contribution < -0.4 is 15.8 Å². The van der Waals surface area contributed by atoms with E-state index in [9.17, 15) is 0 Å². The van der Waals surface area contributed by atoms with Crippen LogP contribution in [-0.4, -0.2) is 30.7 Å².